The second kappa shape index (κ2) is 3.90. The van der Waals surface area contributed by atoms with Crippen LogP contribution >= 0.6 is 0 Å². The standard InChI is InChI=1S/C8H6FN.C2H6/c9-7-2-1-6-3-4-10-8(6)5-7;1-2/h1-5,10H;1-2H3. The number of aromatic nitrogens is 1. The maximum atomic E-state index is 12.5. The highest BCUT2D eigenvalue weighted by Crippen LogP contribution is 2.12. The normalized spacial score (nSPS) is 9.25. The van der Waals surface area contributed by atoms with E-state index < -0.39 is 0 Å². The van der Waals surface area contributed by atoms with Gasteiger partial charge in [-0.3, -0.25) is 0 Å². The maximum absolute atomic E-state index is 12.5. The lowest BCUT2D eigenvalue weighted by Gasteiger charge is -1.87. The van der Waals surface area contributed by atoms with Crippen LogP contribution in [-0.4, -0.2) is 4.98 Å². The Balaban J connectivity index is 0.000000336. The molecule has 0 aliphatic rings. The Labute approximate surface area is 71.2 Å². The van der Waals surface area contributed by atoms with Gasteiger partial charge < -0.3 is 4.98 Å². The second-order valence-corrected chi connectivity index (χ2v) is 2.21. The van der Waals surface area contributed by atoms with E-state index in [1.807, 2.05) is 19.9 Å². The van der Waals surface area contributed by atoms with E-state index in [-0.39, 0.29) is 5.82 Å². The van der Waals surface area contributed by atoms with Gasteiger partial charge >= 0.3 is 0 Å². The van der Waals surface area contributed by atoms with Crippen molar-refractivity contribution in [2.45, 2.75) is 13.8 Å². The van der Waals surface area contributed by atoms with E-state index in [1.165, 1.54) is 12.1 Å². The molecule has 0 aliphatic heterocycles. The quantitative estimate of drug-likeness (QED) is 0.616. The topological polar surface area (TPSA) is 15.8 Å². The van der Waals surface area contributed by atoms with Crippen LogP contribution in [0.4, 0.5) is 4.39 Å². The molecule has 2 rings (SSSR count). The summed E-state index contributed by atoms with van der Waals surface area (Å²) in [4.78, 5) is 2.92. The molecule has 0 saturated heterocycles. The molecule has 1 nitrogen and oxygen atoms in total. The van der Waals surface area contributed by atoms with Gasteiger partial charge in [0, 0.05) is 11.7 Å². The van der Waals surface area contributed by atoms with E-state index >= 15 is 0 Å². The van der Waals surface area contributed by atoms with Crippen molar-refractivity contribution in [3.05, 3.63) is 36.3 Å². The largest absolute Gasteiger partial charge is 0.361 e. The van der Waals surface area contributed by atoms with Crippen molar-refractivity contribution in [2.24, 2.45) is 0 Å². The van der Waals surface area contributed by atoms with Gasteiger partial charge in [-0.2, -0.15) is 0 Å². The fourth-order valence-corrected chi connectivity index (χ4v) is 1.02. The van der Waals surface area contributed by atoms with Gasteiger partial charge in [0.2, 0.25) is 0 Å². The number of rotatable bonds is 0. The van der Waals surface area contributed by atoms with Gasteiger partial charge in [0.1, 0.15) is 5.82 Å². The third kappa shape index (κ3) is 1.64. The lowest BCUT2D eigenvalue weighted by molar-refractivity contribution is 0.629. The van der Waals surface area contributed by atoms with Crippen molar-refractivity contribution in [1.29, 1.82) is 0 Å². The van der Waals surface area contributed by atoms with Crippen LogP contribution in [-0.2, 0) is 0 Å². The third-order valence-electron chi connectivity index (χ3n) is 1.52. The summed E-state index contributed by atoms with van der Waals surface area (Å²) < 4.78 is 12.5. The van der Waals surface area contributed by atoms with Gasteiger partial charge in [-0.05, 0) is 29.7 Å². The van der Waals surface area contributed by atoms with Gasteiger partial charge in [0.05, 0.1) is 0 Å². The van der Waals surface area contributed by atoms with E-state index in [9.17, 15) is 4.39 Å². The highest BCUT2D eigenvalue weighted by Gasteiger charge is 1.93. The van der Waals surface area contributed by atoms with Crippen molar-refractivity contribution < 1.29 is 4.39 Å². The van der Waals surface area contributed by atoms with Gasteiger partial charge in [0.25, 0.3) is 0 Å². The monoisotopic (exact) mass is 165 g/mol. The first kappa shape index (κ1) is 8.78. The van der Waals surface area contributed by atoms with Crippen molar-refractivity contribution in [2.75, 3.05) is 0 Å². The lowest BCUT2D eigenvalue weighted by Crippen LogP contribution is -1.71. The average molecular weight is 165 g/mol. The molecule has 1 aromatic heterocycles. The summed E-state index contributed by atoms with van der Waals surface area (Å²) in [5.41, 5.74) is 0.847. The Morgan fingerprint density at radius 1 is 1.17 bits per heavy atom. The fraction of sp³-hybridized carbons (Fsp3) is 0.200. The maximum Gasteiger partial charge on any atom is 0.125 e. The molecule has 64 valence electrons. The zero-order chi connectivity index (χ0) is 8.97. The lowest BCUT2D eigenvalue weighted by atomic mass is 10.2. The Morgan fingerprint density at radius 3 is 2.67 bits per heavy atom. The first-order valence-electron chi connectivity index (χ1n) is 4.09. The number of hydrogen-bond donors (Lipinski definition) is 1. The summed E-state index contributed by atoms with van der Waals surface area (Å²) in [7, 11) is 0. The van der Waals surface area contributed by atoms with Crippen LogP contribution in [0.1, 0.15) is 13.8 Å². The molecule has 0 spiro atoms. The summed E-state index contributed by atoms with van der Waals surface area (Å²) in [5, 5.41) is 1.04. The third-order valence-corrected chi connectivity index (χ3v) is 1.52. The molecular formula is C10H12FN. The minimum Gasteiger partial charge on any atom is -0.361 e. The Morgan fingerprint density at radius 2 is 1.92 bits per heavy atom. The SMILES string of the molecule is CC.Fc1ccc2cc[nH]c2c1. The van der Waals surface area contributed by atoms with E-state index in [2.05, 4.69) is 4.98 Å². The van der Waals surface area contributed by atoms with E-state index in [0.717, 1.165) is 10.9 Å². The molecule has 1 heterocycles. The molecule has 2 aromatic rings. The van der Waals surface area contributed by atoms with Crippen molar-refractivity contribution in [3.8, 4) is 0 Å². The Hall–Kier alpha value is -1.31. The van der Waals surface area contributed by atoms with Crippen LogP contribution in [0, 0.1) is 5.82 Å². The minimum atomic E-state index is -0.199. The average Bonchev–Trinajstić information content (AvgIpc) is 2.54. The van der Waals surface area contributed by atoms with E-state index in [0.29, 0.717) is 0 Å². The summed E-state index contributed by atoms with van der Waals surface area (Å²) in [5.74, 6) is -0.199. The molecule has 0 aliphatic carbocycles. The highest BCUT2D eigenvalue weighted by atomic mass is 19.1. The number of nitrogens with one attached hydrogen (secondary N) is 1. The van der Waals surface area contributed by atoms with Crippen LogP contribution in [0.2, 0.25) is 0 Å². The molecule has 0 bridgehead atoms. The molecule has 1 N–H and O–H groups in total. The van der Waals surface area contributed by atoms with Crippen LogP contribution < -0.4 is 0 Å². The molecule has 0 saturated carbocycles. The van der Waals surface area contributed by atoms with E-state index in [4.69, 9.17) is 0 Å². The minimum absolute atomic E-state index is 0.199. The summed E-state index contributed by atoms with van der Waals surface area (Å²) >= 11 is 0. The Bertz CT molecular complexity index is 351. The number of aromatic amines is 1. The zero-order valence-electron chi connectivity index (χ0n) is 7.26. The van der Waals surface area contributed by atoms with Gasteiger partial charge in [0.15, 0.2) is 0 Å². The van der Waals surface area contributed by atoms with Crippen molar-refractivity contribution in [1.82, 2.24) is 4.98 Å². The smallest absolute Gasteiger partial charge is 0.125 e. The molecule has 0 unspecified atom stereocenters. The molecule has 2 heteroatoms. The van der Waals surface area contributed by atoms with Crippen LogP contribution in [0.3, 0.4) is 0 Å². The first-order chi connectivity index (χ1) is 5.86. The second-order valence-electron chi connectivity index (χ2n) is 2.21. The van der Waals surface area contributed by atoms with Gasteiger partial charge in [-0.25, -0.2) is 4.39 Å². The van der Waals surface area contributed by atoms with Crippen molar-refractivity contribution >= 4 is 10.9 Å². The van der Waals surface area contributed by atoms with Crippen LogP contribution in [0.15, 0.2) is 30.5 Å². The molecule has 0 fully saturated rings. The number of fused-ring (bicyclic) bond motifs is 1. The highest BCUT2D eigenvalue weighted by molar-refractivity contribution is 5.78. The fourth-order valence-electron chi connectivity index (χ4n) is 1.02. The summed E-state index contributed by atoms with van der Waals surface area (Å²) in [6, 6.07) is 6.60. The van der Waals surface area contributed by atoms with Crippen LogP contribution in [0.5, 0.6) is 0 Å². The number of hydrogen-bond acceptors (Lipinski definition) is 0. The molecule has 0 atom stereocenters. The predicted molar refractivity (Wildman–Crippen MR) is 49.6 cm³/mol. The number of H-pyrrole nitrogens is 1. The first-order valence-corrected chi connectivity index (χ1v) is 4.09. The predicted octanol–water partition coefficient (Wildman–Crippen LogP) is 3.33. The Kier molecular flexibility index (Phi) is 2.86. The van der Waals surface area contributed by atoms with E-state index in [1.54, 1.807) is 12.3 Å². The number of benzene rings is 1. The molecule has 0 amide bonds. The molecule has 0 radical (unpaired) electrons. The molecule has 12 heavy (non-hydrogen) atoms. The zero-order valence-corrected chi connectivity index (χ0v) is 7.26. The van der Waals surface area contributed by atoms with Crippen LogP contribution in [0.25, 0.3) is 10.9 Å². The molecular weight excluding hydrogens is 153 g/mol. The van der Waals surface area contributed by atoms with Crippen molar-refractivity contribution in [3.63, 3.8) is 0 Å². The van der Waals surface area contributed by atoms with Gasteiger partial charge in [-0.15, -0.1) is 0 Å². The molecule has 1 aromatic carbocycles. The summed E-state index contributed by atoms with van der Waals surface area (Å²) in [6.07, 6.45) is 1.80. The number of halogens is 1. The summed E-state index contributed by atoms with van der Waals surface area (Å²) in [6.45, 7) is 4.00. The van der Waals surface area contributed by atoms with Gasteiger partial charge in [-0.1, -0.05) is 13.8 Å².